The number of carbonyl (C=O) groups is 2. The minimum absolute atomic E-state index is 0.255. The molecule has 0 spiro atoms. The summed E-state index contributed by atoms with van der Waals surface area (Å²) >= 11 is 0. The Bertz CT molecular complexity index is 1140. The molecular weight excluding hydrogens is 432 g/mol. The van der Waals surface area contributed by atoms with E-state index < -0.39 is 17.9 Å². The lowest BCUT2D eigenvalue weighted by Gasteiger charge is -2.30. The predicted molar refractivity (Wildman–Crippen MR) is 128 cm³/mol. The van der Waals surface area contributed by atoms with Crippen LogP contribution in [0.3, 0.4) is 0 Å². The molecule has 2 aliphatic heterocycles. The molecule has 34 heavy (non-hydrogen) atoms. The zero-order valence-electron chi connectivity index (χ0n) is 20.0. The first-order valence-electron chi connectivity index (χ1n) is 11.3. The van der Waals surface area contributed by atoms with Gasteiger partial charge in [-0.3, -0.25) is 4.90 Å². The van der Waals surface area contributed by atoms with Gasteiger partial charge in [-0.15, -0.1) is 0 Å². The Labute approximate surface area is 200 Å². The van der Waals surface area contributed by atoms with Gasteiger partial charge in [0.15, 0.2) is 0 Å². The zero-order chi connectivity index (χ0) is 24.2. The first-order valence-corrected chi connectivity index (χ1v) is 11.3. The second-order valence-electron chi connectivity index (χ2n) is 8.52. The fourth-order valence-corrected chi connectivity index (χ4v) is 4.71. The number of allylic oxidation sites excluding steroid dienone is 2. The number of benzene rings is 2. The minimum Gasteiger partial charge on any atom is -0.497 e. The molecule has 0 radical (unpaired) electrons. The summed E-state index contributed by atoms with van der Waals surface area (Å²) in [5.74, 6) is -0.946. The Morgan fingerprint density at radius 2 is 1.59 bits per heavy atom. The van der Waals surface area contributed by atoms with Gasteiger partial charge < -0.3 is 19.5 Å². The molecule has 1 unspecified atom stereocenters. The van der Waals surface area contributed by atoms with E-state index in [-0.39, 0.29) is 6.61 Å². The number of hydrogen-bond acceptors (Lipinski definition) is 7. The monoisotopic (exact) mass is 462 g/mol. The molecule has 0 aromatic heterocycles. The molecule has 2 aromatic rings. The van der Waals surface area contributed by atoms with Crippen molar-refractivity contribution in [2.45, 2.75) is 32.9 Å². The minimum atomic E-state index is -0.632. The smallest absolute Gasteiger partial charge is 0.336 e. The summed E-state index contributed by atoms with van der Waals surface area (Å²) in [6.07, 6.45) is 0. The van der Waals surface area contributed by atoms with Crippen LogP contribution in [-0.2, 0) is 32.2 Å². The van der Waals surface area contributed by atoms with Gasteiger partial charge in [0.2, 0.25) is 0 Å². The van der Waals surface area contributed by atoms with Gasteiger partial charge >= 0.3 is 11.9 Å². The van der Waals surface area contributed by atoms with Crippen molar-refractivity contribution in [2.75, 3.05) is 27.4 Å². The average Bonchev–Trinajstić information content (AvgIpc) is 3.26. The molecule has 7 nitrogen and oxygen atoms in total. The summed E-state index contributed by atoms with van der Waals surface area (Å²) < 4.78 is 16.2. The van der Waals surface area contributed by atoms with Crippen LogP contribution in [-0.4, -0.2) is 44.2 Å². The van der Waals surface area contributed by atoms with E-state index in [0.717, 1.165) is 18.7 Å². The Balaban J connectivity index is 1.54. The number of fused-ring (bicyclic) bond motifs is 1. The molecule has 7 heteroatoms. The van der Waals surface area contributed by atoms with E-state index in [0.29, 0.717) is 34.8 Å². The van der Waals surface area contributed by atoms with Crippen LogP contribution in [0.5, 0.6) is 5.75 Å². The molecule has 0 saturated heterocycles. The first-order chi connectivity index (χ1) is 16.4. The van der Waals surface area contributed by atoms with E-state index >= 15 is 0 Å². The number of nitrogens with one attached hydrogen (secondary N) is 1. The number of dihydropyridines is 1. The largest absolute Gasteiger partial charge is 0.497 e. The molecule has 1 N–H and O–H groups in total. The highest BCUT2D eigenvalue weighted by molar-refractivity contribution is 5.99. The quantitative estimate of drug-likeness (QED) is 0.629. The highest BCUT2D eigenvalue weighted by atomic mass is 16.5. The van der Waals surface area contributed by atoms with Gasteiger partial charge in [0.1, 0.15) is 12.4 Å². The van der Waals surface area contributed by atoms with Crippen molar-refractivity contribution in [2.24, 2.45) is 0 Å². The Kier molecular flexibility index (Phi) is 7.03. The first kappa shape index (κ1) is 23.6. The molecule has 0 saturated carbocycles. The Hall–Kier alpha value is -3.58. The molecule has 0 bridgehead atoms. The van der Waals surface area contributed by atoms with Crippen molar-refractivity contribution in [3.63, 3.8) is 0 Å². The van der Waals surface area contributed by atoms with Gasteiger partial charge in [-0.05, 0) is 42.7 Å². The summed E-state index contributed by atoms with van der Waals surface area (Å²) in [5.41, 5.74) is 5.44. The van der Waals surface area contributed by atoms with E-state index in [4.69, 9.17) is 14.2 Å². The molecule has 1 atom stereocenters. The van der Waals surface area contributed by atoms with Gasteiger partial charge in [-0.25, -0.2) is 9.59 Å². The van der Waals surface area contributed by atoms with Crippen LogP contribution in [0.25, 0.3) is 0 Å². The third kappa shape index (κ3) is 4.70. The summed E-state index contributed by atoms with van der Waals surface area (Å²) in [4.78, 5) is 28.4. The Morgan fingerprint density at radius 1 is 0.941 bits per heavy atom. The van der Waals surface area contributed by atoms with E-state index in [9.17, 15) is 9.59 Å². The fourth-order valence-electron chi connectivity index (χ4n) is 4.71. The Morgan fingerprint density at radius 3 is 2.21 bits per heavy atom. The number of methoxy groups -OCH3 is 2. The third-order valence-corrected chi connectivity index (χ3v) is 6.36. The number of rotatable bonds is 7. The molecule has 178 valence electrons. The standard InChI is InChI=1S/C27H30N2O5/c1-17-23(26(30)33-4)25(19-10-7-11-22(14-19)32-3)24(18(2)28-17)27(31)34-13-12-29-15-20-8-5-6-9-21(20)16-29/h5-11,14,25,28H,12-13,15-16H2,1-4H3. The average molecular weight is 463 g/mol. The van der Waals surface area contributed by atoms with Crippen LogP contribution in [0.4, 0.5) is 0 Å². The van der Waals surface area contributed by atoms with Crippen molar-refractivity contribution in [3.05, 3.63) is 87.8 Å². The van der Waals surface area contributed by atoms with Crippen molar-refractivity contribution in [1.29, 1.82) is 0 Å². The highest BCUT2D eigenvalue weighted by Crippen LogP contribution is 2.40. The van der Waals surface area contributed by atoms with Crippen molar-refractivity contribution in [3.8, 4) is 5.75 Å². The lowest BCUT2D eigenvalue weighted by atomic mass is 9.80. The van der Waals surface area contributed by atoms with Gasteiger partial charge in [0.05, 0.1) is 31.3 Å². The van der Waals surface area contributed by atoms with Gasteiger partial charge in [0, 0.05) is 31.0 Å². The highest BCUT2D eigenvalue weighted by Gasteiger charge is 2.38. The van der Waals surface area contributed by atoms with Crippen LogP contribution in [0.15, 0.2) is 71.1 Å². The number of esters is 2. The summed E-state index contributed by atoms with van der Waals surface area (Å²) in [7, 11) is 2.92. The molecule has 2 aliphatic rings. The normalized spacial score (nSPS) is 17.8. The number of ether oxygens (including phenoxy) is 3. The number of nitrogens with zero attached hydrogens (tertiary/aromatic N) is 1. The van der Waals surface area contributed by atoms with E-state index in [1.807, 2.05) is 43.3 Å². The second kappa shape index (κ2) is 10.1. The number of hydrogen-bond donors (Lipinski definition) is 1. The van der Waals surface area contributed by atoms with Crippen LogP contribution in [0, 0.1) is 0 Å². The molecule has 2 heterocycles. The lowest BCUT2D eigenvalue weighted by Crippen LogP contribution is -2.33. The predicted octanol–water partition coefficient (Wildman–Crippen LogP) is 3.66. The van der Waals surface area contributed by atoms with E-state index in [1.165, 1.54) is 18.2 Å². The lowest BCUT2D eigenvalue weighted by molar-refractivity contribution is -0.140. The molecule has 0 amide bonds. The molecule has 0 fully saturated rings. The summed E-state index contributed by atoms with van der Waals surface area (Å²) in [6.45, 7) is 6.19. The zero-order valence-corrected chi connectivity index (χ0v) is 20.0. The number of carbonyl (C=O) groups excluding carboxylic acids is 2. The van der Waals surface area contributed by atoms with Gasteiger partial charge in [0.25, 0.3) is 0 Å². The van der Waals surface area contributed by atoms with Gasteiger partial charge in [-0.1, -0.05) is 36.4 Å². The maximum absolute atomic E-state index is 13.4. The van der Waals surface area contributed by atoms with Crippen molar-refractivity contribution < 1.29 is 23.8 Å². The maximum Gasteiger partial charge on any atom is 0.336 e. The molecular formula is C27H30N2O5. The summed E-state index contributed by atoms with van der Waals surface area (Å²) in [6, 6.07) is 15.7. The molecule has 2 aromatic carbocycles. The van der Waals surface area contributed by atoms with Crippen LogP contribution in [0.2, 0.25) is 0 Å². The SMILES string of the molecule is COC(=O)C1=C(C)NC(C)=C(C(=O)OCCN2Cc3ccccc3C2)C1c1cccc(OC)c1. The maximum atomic E-state index is 13.4. The molecule has 4 rings (SSSR count). The third-order valence-electron chi connectivity index (χ3n) is 6.36. The summed E-state index contributed by atoms with van der Waals surface area (Å²) in [5, 5.41) is 3.16. The van der Waals surface area contributed by atoms with Crippen molar-refractivity contribution in [1.82, 2.24) is 10.2 Å². The van der Waals surface area contributed by atoms with Crippen LogP contribution < -0.4 is 10.1 Å². The second-order valence-corrected chi connectivity index (χ2v) is 8.52. The molecule has 0 aliphatic carbocycles. The van der Waals surface area contributed by atoms with Gasteiger partial charge in [-0.2, -0.15) is 0 Å². The van der Waals surface area contributed by atoms with E-state index in [2.05, 4.69) is 22.3 Å². The van der Waals surface area contributed by atoms with Crippen LogP contribution in [0.1, 0.15) is 36.5 Å². The topological polar surface area (TPSA) is 77.1 Å². The van der Waals surface area contributed by atoms with Crippen molar-refractivity contribution >= 4 is 11.9 Å². The van der Waals surface area contributed by atoms with Crippen LogP contribution >= 0.6 is 0 Å². The van der Waals surface area contributed by atoms with E-state index in [1.54, 1.807) is 14.0 Å². The fraction of sp³-hybridized carbons (Fsp3) is 0.333.